The van der Waals surface area contributed by atoms with Gasteiger partial charge in [0.2, 0.25) is 5.91 Å². The quantitative estimate of drug-likeness (QED) is 0.856. The predicted molar refractivity (Wildman–Crippen MR) is 82.6 cm³/mol. The lowest BCUT2D eigenvalue weighted by Crippen LogP contribution is -2.52. The van der Waals surface area contributed by atoms with E-state index in [1.54, 1.807) is 7.11 Å². The molecule has 0 saturated carbocycles. The van der Waals surface area contributed by atoms with Crippen LogP contribution in [0, 0.1) is 0 Å². The average molecular weight is 291 g/mol. The highest BCUT2D eigenvalue weighted by Crippen LogP contribution is 2.24. The first-order valence-electron chi connectivity index (χ1n) is 7.55. The van der Waals surface area contributed by atoms with Crippen LogP contribution in [0.3, 0.4) is 0 Å². The van der Waals surface area contributed by atoms with Crippen LogP contribution in [0.1, 0.15) is 38.7 Å². The summed E-state index contributed by atoms with van der Waals surface area (Å²) in [7, 11) is 1.66. The summed E-state index contributed by atoms with van der Waals surface area (Å²) in [6.07, 6.45) is 0.529. The number of hydrogen-bond acceptors (Lipinski definition) is 3. The van der Waals surface area contributed by atoms with Crippen molar-refractivity contribution in [3.05, 3.63) is 29.8 Å². The number of hydrogen-bond donors (Lipinski definition) is 0. The van der Waals surface area contributed by atoms with E-state index < -0.39 is 0 Å². The number of methoxy groups -OCH3 is 1. The zero-order chi connectivity index (χ0) is 15.4. The summed E-state index contributed by atoms with van der Waals surface area (Å²) in [6.45, 7) is 7.45. The molecule has 1 aliphatic rings. The maximum Gasteiger partial charge on any atom is 0.223 e. The average Bonchev–Trinajstić information content (AvgIpc) is 2.47. The van der Waals surface area contributed by atoms with Crippen molar-refractivity contribution in [1.82, 2.24) is 4.90 Å². The number of morpholine rings is 1. The van der Waals surface area contributed by atoms with E-state index in [1.165, 1.54) is 0 Å². The molecule has 2 rings (SSSR count). The molecule has 21 heavy (non-hydrogen) atoms. The van der Waals surface area contributed by atoms with Gasteiger partial charge in [0.25, 0.3) is 0 Å². The molecule has 1 aromatic rings. The van der Waals surface area contributed by atoms with Crippen molar-refractivity contribution in [2.75, 3.05) is 20.3 Å². The minimum absolute atomic E-state index is 0.157. The molecule has 1 aromatic carbocycles. The van der Waals surface area contributed by atoms with Crippen LogP contribution in [-0.4, -0.2) is 43.2 Å². The lowest BCUT2D eigenvalue weighted by Gasteiger charge is -2.39. The SMILES string of the molecule is COc1ccc(C(C)CC(=O)N2C(C)COCC2C)cc1. The van der Waals surface area contributed by atoms with Crippen molar-refractivity contribution in [3.63, 3.8) is 0 Å². The summed E-state index contributed by atoms with van der Waals surface area (Å²) in [5.74, 6) is 1.25. The molecule has 0 radical (unpaired) electrons. The van der Waals surface area contributed by atoms with Crippen LogP contribution in [0.5, 0.6) is 5.75 Å². The van der Waals surface area contributed by atoms with E-state index in [0.29, 0.717) is 19.6 Å². The largest absolute Gasteiger partial charge is 0.497 e. The minimum Gasteiger partial charge on any atom is -0.497 e. The van der Waals surface area contributed by atoms with E-state index in [0.717, 1.165) is 11.3 Å². The molecule has 0 aliphatic carbocycles. The molecule has 0 bridgehead atoms. The monoisotopic (exact) mass is 291 g/mol. The number of nitrogens with zero attached hydrogens (tertiary/aromatic N) is 1. The van der Waals surface area contributed by atoms with Crippen molar-refractivity contribution in [3.8, 4) is 5.75 Å². The van der Waals surface area contributed by atoms with Crippen LogP contribution in [0.15, 0.2) is 24.3 Å². The fraction of sp³-hybridized carbons (Fsp3) is 0.588. The molecule has 1 amide bonds. The maximum absolute atomic E-state index is 12.6. The Morgan fingerprint density at radius 2 is 1.86 bits per heavy atom. The van der Waals surface area contributed by atoms with E-state index in [9.17, 15) is 4.79 Å². The Balaban J connectivity index is 2.00. The third kappa shape index (κ3) is 3.76. The Labute approximate surface area is 127 Å². The highest BCUT2D eigenvalue weighted by Gasteiger charge is 2.30. The van der Waals surface area contributed by atoms with E-state index >= 15 is 0 Å². The fourth-order valence-electron chi connectivity index (χ4n) is 2.91. The molecule has 4 heteroatoms. The van der Waals surface area contributed by atoms with Gasteiger partial charge in [-0.15, -0.1) is 0 Å². The van der Waals surface area contributed by atoms with Gasteiger partial charge in [0, 0.05) is 6.42 Å². The number of carbonyl (C=O) groups excluding carboxylic acids is 1. The van der Waals surface area contributed by atoms with Gasteiger partial charge >= 0.3 is 0 Å². The van der Waals surface area contributed by atoms with Crippen LogP contribution < -0.4 is 4.74 Å². The molecule has 4 nitrogen and oxygen atoms in total. The molecular weight excluding hydrogens is 266 g/mol. The highest BCUT2D eigenvalue weighted by molar-refractivity contribution is 5.78. The predicted octanol–water partition coefficient (Wildman–Crippen LogP) is 2.82. The topological polar surface area (TPSA) is 38.8 Å². The standard InChI is InChI=1S/C17H25NO3/c1-12(15-5-7-16(20-4)8-6-15)9-17(19)18-13(2)10-21-11-14(18)3/h5-8,12-14H,9-11H2,1-4H3. The number of benzene rings is 1. The number of ether oxygens (including phenoxy) is 2. The second-order valence-corrected chi connectivity index (χ2v) is 5.91. The van der Waals surface area contributed by atoms with Crippen molar-refractivity contribution in [2.45, 2.75) is 45.2 Å². The molecule has 1 aliphatic heterocycles. The molecule has 0 aromatic heterocycles. The van der Waals surface area contributed by atoms with Crippen molar-refractivity contribution < 1.29 is 14.3 Å². The lowest BCUT2D eigenvalue weighted by atomic mass is 9.96. The van der Waals surface area contributed by atoms with E-state index in [-0.39, 0.29) is 23.9 Å². The summed E-state index contributed by atoms with van der Waals surface area (Å²) in [6, 6.07) is 8.26. The molecule has 1 fully saturated rings. The number of carbonyl (C=O) groups is 1. The Bertz CT molecular complexity index is 461. The summed E-state index contributed by atoms with van der Waals surface area (Å²) in [5.41, 5.74) is 1.16. The van der Waals surface area contributed by atoms with E-state index in [4.69, 9.17) is 9.47 Å². The Kier molecular flexibility index (Phi) is 5.23. The first-order valence-corrected chi connectivity index (χ1v) is 7.55. The van der Waals surface area contributed by atoms with Crippen LogP contribution in [-0.2, 0) is 9.53 Å². The Morgan fingerprint density at radius 3 is 2.38 bits per heavy atom. The molecular formula is C17H25NO3. The Morgan fingerprint density at radius 1 is 1.29 bits per heavy atom. The van der Waals surface area contributed by atoms with Crippen molar-refractivity contribution in [2.24, 2.45) is 0 Å². The number of rotatable bonds is 4. The zero-order valence-corrected chi connectivity index (χ0v) is 13.3. The van der Waals surface area contributed by atoms with Crippen molar-refractivity contribution in [1.29, 1.82) is 0 Å². The van der Waals surface area contributed by atoms with E-state index in [1.807, 2.05) is 43.0 Å². The van der Waals surface area contributed by atoms with Gasteiger partial charge in [-0.2, -0.15) is 0 Å². The molecule has 1 heterocycles. The normalized spacial score (nSPS) is 23.7. The van der Waals surface area contributed by atoms with Crippen LogP contribution >= 0.6 is 0 Å². The zero-order valence-electron chi connectivity index (χ0n) is 13.3. The molecule has 3 atom stereocenters. The molecule has 116 valence electrons. The van der Waals surface area contributed by atoms with Crippen molar-refractivity contribution >= 4 is 5.91 Å². The molecule has 1 saturated heterocycles. The lowest BCUT2D eigenvalue weighted by molar-refractivity contribution is -0.144. The number of amides is 1. The second-order valence-electron chi connectivity index (χ2n) is 5.91. The summed E-state index contributed by atoms with van der Waals surface area (Å²) >= 11 is 0. The smallest absolute Gasteiger partial charge is 0.223 e. The highest BCUT2D eigenvalue weighted by atomic mass is 16.5. The van der Waals surface area contributed by atoms with E-state index in [2.05, 4.69) is 6.92 Å². The van der Waals surface area contributed by atoms with Gasteiger partial charge in [-0.3, -0.25) is 4.79 Å². The van der Waals surface area contributed by atoms with Crippen LogP contribution in [0.4, 0.5) is 0 Å². The van der Waals surface area contributed by atoms with Gasteiger partial charge in [0.1, 0.15) is 5.75 Å². The van der Waals surface area contributed by atoms with Gasteiger partial charge in [-0.05, 0) is 37.5 Å². The third-order valence-electron chi connectivity index (χ3n) is 4.12. The van der Waals surface area contributed by atoms with Gasteiger partial charge in [0.15, 0.2) is 0 Å². The van der Waals surface area contributed by atoms with Crippen LogP contribution in [0.2, 0.25) is 0 Å². The van der Waals surface area contributed by atoms with Gasteiger partial charge in [0.05, 0.1) is 32.4 Å². The first kappa shape index (κ1) is 15.8. The van der Waals surface area contributed by atoms with Gasteiger partial charge in [-0.1, -0.05) is 19.1 Å². The third-order valence-corrected chi connectivity index (χ3v) is 4.12. The molecule has 0 N–H and O–H groups in total. The van der Waals surface area contributed by atoms with Gasteiger partial charge < -0.3 is 14.4 Å². The van der Waals surface area contributed by atoms with Crippen LogP contribution in [0.25, 0.3) is 0 Å². The minimum atomic E-state index is 0.157. The van der Waals surface area contributed by atoms with Gasteiger partial charge in [-0.25, -0.2) is 0 Å². The second kappa shape index (κ2) is 6.94. The molecule has 3 unspecified atom stereocenters. The summed E-state index contributed by atoms with van der Waals surface area (Å²) in [4.78, 5) is 14.5. The summed E-state index contributed by atoms with van der Waals surface area (Å²) in [5, 5.41) is 0. The fourth-order valence-corrected chi connectivity index (χ4v) is 2.91. The Hall–Kier alpha value is -1.55. The molecule has 0 spiro atoms. The maximum atomic E-state index is 12.6. The summed E-state index contributed by atoms with van der Waals surface area (Å²) < 4.78 is 10.6. The first-order chi connectivity index (χ1) is 10.0.